The molecule has 4 aromatic rings. The molecule has 0 amide bonds. The molecule has 4 aliphatic rings. The van der Waals surface area contributed by atoms with Crippen molar-refractivity contribution >= 4 is 27.5 Å². The lowest BCUT2D eigenvalue weighted by atomic mass is 9.95. The van der Waals surface area contributed by atoms with Gasteiger partial charge >= 0.3 is 6.01 Å². The first-order valence-corrected chi connectivity index (χ1v) is 16.7. The largest absolute Gasteiger partial charge is 0.508 e. The first-order valence-electron chi connectivity index (χ1n) is 16.7. The number of alkyl halides is 1. The molecule has 4 fully saturated rings. The maximum atomic E-state index is 17.2. The highest BCUT2D eigenvalue weighted by Gasteiger charge is 2.49. The molecule has 12 heteroatoms. The molecular formula is C36H37F3N6O3. The van der Waals surface area contributed by atoms with Crippen LogP contribution in [0, 0.1) is 24.0 Å². The van der Waals surface area contributed by atoms with Crippen molar-refractivity contribution in [2.24, 2.45) is 0 Å². The fourth-order valence-corrected chi connectivity index (χ4v) is 8.25. The minimum Gasteiger partial charge on any atom is -0.508 e. The Labute approximate surface area is 276 Å². The third-order valence-corrected chi connectivity index (χ3v) is 10.3. The van der Waals surface area contributed by atoms with Crippen molar-refractivity contribution in [2.45, 2.75) is 75.8 Å². The number of rotatable bonds is 7. The summed E-state index contributed by atoms with van der Waals surface area (Å²) in [5, 5.41) is 15.2. The summed E-state index contributed by atoms with van der Waals surface area (Å²) < 4.78 is 59.3. The van der Waals surface area contributed by atoms with E-state index in [1.54, 1.807) is 0 Å². The Bertz CT molecular complexity index is 1970. The SMILES string of the molecule is C#Cc1c(F)ccc2cc(O)cc(-c3nc(OC(C)C)c4c(N5CC6CCC(C5)N6)nc(OC[C@@]56CCCN5C[C@H](F)C6)nc4c3F)c12. The zero-order valence-corrected chi connectivity index (χ0v) is 26.9. The molecule has 2 N–H and O–H groups in total. The molecule has 6 heterocycles. The van der Waals surface area contributed by atoms with Crippen molar-refractivity contribution in [1.82, 2.24) is 25.2 Å². The van der Waals surface area contributed by atoms with Crippen LogP contribution in [0.25, 0.3) is 32.9 Å². The quantitative estimate of drug-likeness (QED) is 0.250. The number of piperazine rings is 1. The van der Waals surface area contributed by atoms with E-state index >= 15 is 8.78 Å². The molecule has 0 radical (unpaired) electrons. The van der Waals surface area contributed by atoms with Crippen LogP contribution in [-0.4, -0.2) is 87.6 Å². The summed E-state index contributed by atoms with van der Waals surface area (Å²) >= 11 is 0. The Hall–Kier alpha value is -4.34. The van der Waals surface area contributed by atoms with Crippen LogP contribution in [0.4, 0.5) is 19.0 Å². The summed E-state index contributed by atoms with van der Waals surface area (Å²) in [6.07, 6.45) is 8.58. The Kier molecular flexibility index (Phi) is 7.53. The Morgan fingerprint density at radius 1 is 1.10 bits per heavy atom. The van der Waals surface area contributed by atoms with E-state index in [0.29, 0.717) is 37.3 Å². The zero-order valence-electron chi connectivity index (χ0n) is 26.9. The number of aromatic nitrogens is 3. The van der Waals surface area contributed by atoms with Crippen molar-refractivity contribution in [3.8, 4) is 41.2 Å². The standard InChI is InChI=1S/C36H37F3N6O3/c1-4-25-27(38)9-6-20-12-24(46)13-26(28(20)25)31-30(39)32-29(34(41-31)48-19(2)3)33(44-16-22-7-8-23(17-44)40-22)43-35(42-32)47-18-36-10-5-11-45(36)15-21(37)14-36/h1,6,9,12-13,19,21-23,40,46H,5,7-8,10-11,14-18H2,2-3H3/t21-,22?,23?,36+/m1/s1. The first-order chi connectivity index (χ1) is 23.1. The van der Waals surface area contributed by atoms with Crippen molar-refractivity contribution < 1.29 is 27.8 Å². The maximum Gasteiger partial charge on any atom is 0.319 e. The smallest absolute Gasteiger partial charge is 0.319 e. The van der Waals surface area contributed by atoms with Gasteiger partial charge in [-0.05, 0) is 69.7 Å². The van der Waals surface area contributed by atoms with Gasteiger partial charge in [-0.1, -0.05) is 12.0 Å². The average Bonchev–Trinajstić information content (AvgIpc) is 3.70. The van der Waals surface area contributed by atoms with E-state index in [0.717, 1.165) is 32.2 Å². The molecule has 2 aromatic carbocycles. The van der Waals surface area contributed by atoms with Gasteiger partial charge in [0.25, 0.3) is 0 Å². The molecule has 4 atom stereocenters. The van der Waals surface area contributed by atoms with Gasteiger partial charge in [-0.15, -0.1) is 6.42 Å². The number of hydrogen-bond donors (Lipinski definition) is 2. The molecule has 2 bridgehead atoms. The van der Waals surface area contributed by atoms with Crippen LogP contribution >= 0.6 is 0 Å². The minimum absolute atomic E-state index is 0.0328. The van der Waals surface area contributed by atoms with Gasteiger partial charge in [-0.3, -0.25) is 4.90 Å². The predicted molar refractivity (Wildman–Crippen MR) is 176 cm³/mol. The zero-order chi connectivity index (χ0) is 33.3. The number of nitrogens with one attached hydrogen (secondary N) is 1. The van der Waals surface area contributed by atoms with Crippen LogP contribution in [-0.2, 0) is 0 Å². The van der Waals surface area contributed by atoms with E-state index in [1.807, 2.05) is 13.8 Å². The fraction of sp³-hybridized carbons (Fsp3) is 0.472. The van der Waals surface area contributed by atoms with E-state index in [4.69, 9.17) is 25.9 Å². The molecule has 0 spiro atoms. The molecule has 250 valence electrons. The summed E-state index contributed by atoms with van der Waals surface area (Å²) in [5.41, 5.74) is -0.757. The van der Waals surface area contributed by atoms with Crippen LogP contribution < -0.4 is 19.7 Å². The van der Waals surface area contributed by atoms with Gasteiger partial charge in [-0.2, -0.15) is 9.97 Å². The number of anilines is 1. The van der Waals surface area contributed by atoms with E-state index in [2.05, 4.69) is 26.0 Å². The molecule has 0 aliphatic carbocycles. The summed E-state index contributed by atoms with van der Waals surface area (Å²) in [4.78, 5) is 18.4. The summed E-state index contributed by atoms with van der Waals surface area (Å²) in [6.45, 7) is 6.28. The number of phenolic OH excluding ortho intramolecular Hbond substituents is 1. The van der Waals surface area contributed by atoms with E-state index in [-0.39, 0.29) is 75.5 Å². The predicted octanol–water partition coefficient (Wildman–Crippen LogP) is 5.49. The van der Waals surface area contributed by atoms with Crippen LogP contribution in [0.15, 0.2) is 24.3 Å². The number of aromatic hydroxyl groups is 1. The van der Waals surface area contributed by atoms with Gasteiger partial charge in [-0.25, -0.2) is 18.2 Å². The third-order valence-electron chi connectivity index (χ3n) is 10.3. The van der Waals surface area contributed by atoms with Crippen LogP contribution in [0.3, 0.4) is 0 Å². The van der Waals surface area contributed by atoms with E-state index in [9.17, 15) is 9.50 Å². The number of halogens is 3. The van der Waals surface area contributed by atoms with Gasteiger partial charge in [0.2, 0.25) is 5.88 Å². The average molecular weight is 659 g/mol. The molecule has 4 aliphatic heterocycles. The second kappa shape index (κ2) is 11.7. The highest BCUT2D eigenvalue weighted by molar-refractivity contribution is 6.04. The molecule has 9 nitrogen and oxygen atoms in total. The monoisotopic (exact) mass is 658 g/mol. The second-order valence-corrected chi connectivity index (χ2v) is 13.9. The highest BCUT2D eigenvalue weighted by atomic mass is 19.1. The summed E-state index contributed by atoms with van der Waals surface area (Å²) in [7, 11) is 0. The van der Waals surface area contributed by atoms with Gasteiger partial charge in [0.15, 0.2) is 5.82 Å². The van der Waals surface area contributed by atoms with E-state index < -0.39 is 23.3 Å². The van der Waals surface area contributed by atoms with Gasteiger partial charge in [0.1, 0.15) is 46.8 Å². The number of hydrogen-bond acceptors (Lipinski definition) is 9. The van der Waals surface area contributed by atoms with E-state index in [1.165, 1.54) is 24.3 Å². The minimum atomic E-state index is -0.935. The number of nitrogens with zero attached hydrogens (tertiary/aromatic N) is 5. The lowest BCUT2D eigenvalue weighted by Crippen LogP contribution is -2.51. The Morgan fingerprint density at radius 2 is 1.90 bits per heavy atom. The van der Waals surface area contributed by atoms with Crippen molar-refractivity contribution in [3.05, 3.63) is 41.5 Å². The van der Waals surface area contributed by atoms with Gasteiger partial charge < -0.3 is 24.8 Å². The maximum absolute atomic E-state index is 17.2. The normalized spacial score (nSPS) is 25.3. The third kappa shape index (κ3) is 5.15. The number of ether oxygens (including phenoxy) is 2. The van der Waals surface area contributed by atoms with Crippen LogP contribution in [0.5, 0.6) is 17.6 Å². The van der Waals surface area contributed by atoms with Crippen molar-refractivity contribution in [3.63, 3.8) is 0 Å². The molecule has 0 saturated carbocycles. The molecule has 2 aromatic heterocycles. The number of fused-ring (bicyclic) bond motifs is 5. The fourth-order valence-electron chi connectivity index (χ4n) is 8.25. The van der Waals surface area contributed by atoms with Gasteiger partial charge in [0.05, 0.1) is 17.2 Å². The second-order valence-electron chi connectivity index (χ2n) is 13.9. The number of benzene rings is 2. The lowest BCUT2D eigenvalue weighted by Gasteiger charge is -2.35. The van der Waals surface area contributed by atoms with Crippen molar-refractivity contribution in [2.75, 3.05) is 37.7 Å². The molecule has 48 heavy (non-hydrogen) atoms. The van der Waals surface area contributed by atoms with Crippen LogP contribution in [0.1, 0.15) is 51.5 Å². The number of pyridine rings is 1. The molecule has 2 unspecified atom stereocenters. The van der Waals surface area contributed by atoms with Gasteiger partial charge in [0, 0.05) is 49.1 Å². The molecular weight excluding hydrogens is 621 g/mol. The molecule has 8 rings (SSSR count). The summed E-state index contributed by atoms with van der Waals surface area (Å²) in [5.74, 6) is 1.26. The number of terminal acetylenes is 1. The van der Waals surface area contributed by atoms with Crippen molar-refractivity contribution in [1.29, 1.82) is 0 Å². The Balaban J connectivity index is 1.35. The number of phenols is 1. The lowest BCUT2D eigenvalue weighted by molar-refractivity contribution is 0.107. The molecule has 4 saturated heterocycles. The topological polar surface area (TPSA) is 95.9 Å². The van der Waals surface area contributed by atoms with Crippen LogP contribution in [0.2, 0.25) is 0 Å². The highest BCUT2D eigenvalue weighted by Crippen LogP contribution is 2.44. The Morgan fingerprint density at radius 3 is 2.65 bits per heavy atom. The summed E-state index contributed by atoms with van der Waals surface area (Å²) in [6, 6.07) is 5.88. The first kappa shape index (κ1) is 31.0.